The maximum Gasteiger partial charge on any atom is 0.337 e. The first-order chi connectivity index (χ1) is 65.4. The number of hydrogen-bond donors (Lipinski definition) is 0. The molecule has 0 bridgehead atoms. The molecule has 0 unspecified atom stereocenters. The fraction of sp³-hybridized carbons (Fsp3) is 0.0588. The number of nitriles is 2. The number of hydrogen-bond acceptors (Lipinski definition) is 14. The van der Waals surface area contributed by atoms with Gasteiger partial charge in [0.05, 0.1) is 62.8 Å². The van der Waals surface area contributed by atoms with E-state index in [0.29, 0.717) is 22.3 Å². The van der Waals surface area contributed by atoms with E-state index in [4.69, 9.17) is 57.9 Å². The second-order valence-electron chi connectivity index (χ2n) is 32.0. The van der Waals surface area contributed by atoms with Crippen LogP contribution in [0.3, 0.4) is 0 Å². The molecule has 0 radical (unpaired) electrons. The van der Waals surface area contributed by atoms with Gasteiger partial charge in [0.1, 0.15) is 46.0 Å². The fourth-order valence-corrected chi connectivity index (χ4v) is 16.9. The molecule has 18 aromatic rings. The number of fused-ring (bicyclic) bond motifs is 21. The van der Waals surface area contributed by atoms with Crippen molar-refractivity contribution in [3.63, 3.8) is 0 Å². The van der Waals surface area contributed by atoms with E-state index in [0.717, 1.165) is 211 Å². The minimum Gasteiger partial charge on any atom is -0.497 e. The van der Waals surface area contributed by atoms with Gasteiger partial charge in [0.2, 0.25) is 20.4 Å². The molecule has 3 heterocycles. The number of nitrogens with zero attached hydrogens (tertiary/aromatic N) is 2. The van der Waals surface area contributed by atoms with Gasteiger partial charge in [0.15, 0.2) is 0 Å². The Labute approximate surface area is 769 Å². The molecular weight excluding hydrogens is 1650 g/mol. The molecule has 0 amide bonds. The normalized spacial score (nSPS) is 12.3. The monoisotopic (exact) mass is 1730 g/mol. The molecule has 0 saturated heterocycles. The molecule has 0 aromatic heterocycles. The van der Waals surface area contributed by atoms with Crippen LogP contribution in [0.15, 0.2) is 328 Å². The maximum absolute atomic E-state index is 11.8. The molecule has 14 nitrogen and oxygen atoms in total. The smallest absolute Gasteiger partial charge is 0.337 e. The third-order valence-electron chi connectivity index (χ3n) is 23.9. The fourth-order valence-electron chi connectivity index (χ4n) is 16.9. The van der Waals surface area contributed by atoms with Crippen LogP contribution in [0.1, 0.15) is 98.6 Å². The van der Waals surface area contributed by atoms with E-state index in [-0.39, 0.29) is 32.3 Å². The molecule has 21 rings (SSSR count). The van der Waals surface area contributed by atoms with Crippen molar-refractivity contribution in [3.05, 3.63) is 417 Å². The lowest BCUT2D eigenvalue weighted by Gasteiger charge is -2.14. The molecular formula is C119H84N2O12. The van der Waals surface area contributed by atoms with Crippen LogP contribution in [0.2, 0.25) is 0 Å². The third kappa shape index (κ3) is 18.6. The van der Waals surface area contributed by atoms with Crippen molar-refractivity contribution >= 4 is 149 Å². The Kier molecular flexibility index (Phi) is 24.5. The molecule has 14 heteroatoms. The standard InChI is InChI=1S/C41H30O6.C39H24N2O2.C39H30O4/c1-44-40(42)30-13-7-26(8-14-30)3-5-28-11-19-34-32(23-28)17-21-36-38(34)39-35-20-12-29(24-33(35)18-22-37(39)47-25-46-36)6-4-27-9-15-31(16-10-27)41(43)45-2;40-23-30-9-3-26(4-10-30)1-7-28-13-17-34-32(21-28)15-19-36-38(34)39-35-18-14-29(8-2-27-5-11-31(24-41)12-6-27)22-33(35)16-20-37(39)43-25-42-36;1-40-32-15-7-26(8-16-32)3-5-28-11-19-34-30(23-28)13-21-36-38(34)39-35-20-12-29(6-4-27-9-17-33(41-2)18-10-27)24-31(35)14-22-37(39)43-25-42-36/h3-24H,25H2,1-2H3;1-22H,25H2;3-24H,25H2,1-2H3/b5-3-,6-4-;7-1-,8-2-;5-3-,6-4-. The quantitative estimate of drug-likeness (QED) is 0.0660. The second-order valence-corrected chi connectivity index (χ2v) is 32.0. The lowest BCUT2D eigenvalue weighted by atomic mass is 9.91. The highest BCUT2D eigenvalue weighted by Crippen LogP contribution is 2.51. The van der Waals surface area contributed by atoms with E-state index in [1.54, 1.807) is 38.5 Å². The third-order valence-corrected chi connectivity index (χ3v) is 23.9. The summed E-state index contributed by atoms with van der Waals surface area (Å²) in [4.78, 5) is 23.5. The van der Waals surface area contributed by atoms with Gasteiger partial charge >= 0.3 is 11.9 Å². The van der Waals surface area contributed by atoms with E-state index >= 15 is 0 Å². The molecule has 0 saturated carbocycles. The summed E-state index contributed by atoms with van der Waals surface area (Å²) >= 11 is 0. The van der Waals surface area contributed by atoms with Crippen molar-refractivity contribution < 1.29 is 57.0 Å². The van der Waals surface area contributed by atoms with Gasteiger partial charge in [-0.05, 0) is 277 Å². The topological polar surface area (TPSA) is 174 Å². The molecule has 0 atom stereocenters. The summed E-state index contributed by atoms with van der Waals surface area (Å²) in [6.07, 6.45) is 24.9. The number of ether oxygens (including phenoxy) is 10. The summed E-state index contributed by atoms with van der Waals surface area (Å²) in [5.74, 6) is 5.79. The zero-order chi connectivity index (χ0) is 90.7. The highest BCUT2D eigenvalue weighted by atomic mass is 16.7. The maximum atomic E-state index is 11.8. The van der Waals surface area contributed by atoms with Gasteiger partial charge < -0.3 is 47.4 Å². The highest BCUT2D eigenvalue weighted by molar-refractivity contribution is 6.14. The molecule has 3 aliphatic rings. The number of carbonyl (C=O) groups excluding carboxylic acids is 2. The van der Waals surface area contributed by atoms with Gasteiger partial charge in [-0.2, -0.15) is 10.5 Å². The van der Waals surface area contributed by atoms with Gasteiger partial charge in [-0.25, -0.2) is 9.59 Å². The van der Waals surface area contributed by atoms with Crippen molar-refractivity contribution in [2.75, 3.05) is 48.8 Å². The van der Waals surface area contributed by atoms with Crippen LogP contribution < -0.4 is 37.9 Å². The molecule has 3 aliphatic heterocycles. The predicted octanol–water partition coefficient (Wildman–Crippen LogP) is 28.5. The number of rotatable bonds is 16. The number of carbonyl (C=O) groups is 2. The Morgan fingerprint density at radius 2 is 0.414 bits per heavy atom. The van der Waals surface area contributed by atoms with Crippen LogP contribution >= 0.6 is 0 Å². The highest BCUT2D eigenvalue weighted by Gasteiger charge is 2.27. The molecule has 133 heavy (non-hydrogen) atoms. The summed E-state index contributed by atoms with van der Waals surface area (Å²) < 4.78 is 56.7. The first kappa shape index (κ1) is 84.8. The summed E-state index contributed by atoms with van der Waals surface area (Å²) in [6.45, 7) is 0.443. The van der Waals surface area contributed by atoms with Crippen LogP contribution in [-0.2, 0) is 9.47 Å². The first-order valence-electron chi connectivity index (χ1n) is 43.3. The first-order valence-corrected chi connectivity index (χ1v) is 43.3. The van der Waals surface area contributed by atoms with Gasteiger partial charge in [0.25, 0.3) is 0 Å². The average Bonchev–Trinajstić information content (AvgIpc) is 1.66. The van der Waals surface area contributed by atoms with Crippen molar-refractivity contribution in [2.24, 2.45) is 0 Å². The zero-order valence-electron chi connectivity index (χ0n) is 73.0. The van der Waals surface area contributed by atoms with Crippen LogP contribution in [0.25, 0.3) is 171 Å². The molecule has 0 aliphatic carbocycles. The molecule has 0 fully saturated rings. The van der Waals surface area contributed by atoms with Crippen molar-refractivity contribution in [3.8, 4) is 91.5 Å². The summed E-state index contributed by atoms with van der Waals surface area (Å²) in [6, 6.07) is 114. The van der Waals surface area contributed by atoms with Crippen LogP contribution in [0.4, 0.5) is 0 Å². The van der Waals surface area contributed by atoms with E-state index < -0.39 is 0 Å². The van der Waals surface area contributed by atoms with E-state index in [1.807, 2.05) is 133 Å². The van der Waals surface area contributed by atoms with E-state index in [9.17, 15) is 9.59 Å². The van der Waals surface area contributed by atoms with Crippen LogP contribution in [0, 0.1) is 22.7 Å². The average molecular weight is 1730 g/mol. The Balaban J connectivity index is 0.000000129. The molecule has 18 aromatic carbocycles. The second kappa shape index (κ2) is 38.5. The minimum absolute atomic E-state index is 0.127. The minimum atomic E-state index is -0.351. The summed E-state index contributed by atoms with van der Waals surface area (Å²) in [7, 11) is 6.11. The van der Waals surface area contributed by atoms with Crippen LogP contribution in [0.5, 0.6) is 46.0 Å². The Bertz CT molecular complexity index is 7390. The van der Waals surface area contributed by atoms with Crippen LogP contribution in [-0.4, -0.2) is 60.8 Å². The summed E-state index contributed by atoms with van der Waals surface area (Å²) in [5.41, 5.74) is 21.3. The van der Waals surface area contributed by atoms with Crippen molar-refractivity contribution in [1.82, 2.24) is 0 Å². The van der Waals surface area contributed by atoms with E-state index in [1.165, 1.54) is 14.2 Å². The Hall–Kier alpha value is -17.7. The molecule has 642 valence electrons. The van der Waals surface area contributed by atoms with Gasteiger partial charge in [0, 0.05) is 33.4 Å². The molecule has 0 spiro atoms. The van der Waals surface area contributed by atoms with E-state index in [2.05, 4.69) is 255 Å². The SMILES string of the molecule is COC(=O)c1ccc(/C=C\c2ccc3c4c(ccc3c2)OCOc2ccc3cc(/C=C\c5ccc(C(=O)OC)cc5)ccc3c2-4)cc1.COc1ccc(/C=C\c2ccc3c4c(ccc3c2)OCOc2ccc3cc(/C=C\c5ccc(OC)cc5)ccc3c2-4)cc1.N#Cc1ccc(/C=C\c2ccc3c4c(ccc3c2)OCOc2ccc3cc(/C=C\c5ccc(C#N)cc5)ccc3c2-4)cc1. The lowest BCUT2D eigenvalue weighted by Crippen LogP contribution is -2.03. The zero-order valence-corrected chi connectivity index (χ0v) is 73.0. The molecule has 0 N–H and O–H groups in total. The lowest BCUT2D eigenvalue weighted by molar-refractivity contribution is 0.0592. The Morgan fingerprint density at radius 3 is 0.602 bits per heavy atom. The number of benzene rings is 18. The van der Waals surface area contributed by atoms with Gasteiger partial charge in [-0.1, -0.05) is 255 Å². The number of methoxy groups -OCH3 is 4. The number of esters is 2. The van der Waals surface area contributed by atoms with Crippen molar-refractivity contribution in [2.45, 2.75) is 0 Å². The summed E-state index contributed by atoms with van der Waals surface area (Å²) in [5, 5.41) is 31.3. The Morgan fingerprint density at radius 1 is 0.233 bits per heavy atom. The predicted molar refractivity (Wildman–Crippen MR) is 536 cm³/mol. The van der Waals surface area contributed by atoms with Crippen molar-refractivity contribution in [1.29, 1.82) is 10.5 Å². The van der Waals surface area contributed by atoms with Gasteiger partial charge in [-0.3, -0.25) is 0 Å². The largest absolute Gasteiger partial charge is 0.497 e. The van der Waals surface area contributed by atoms with Gasteiger partial charge in [-0.15, -0.1) is 0 Å².